The maximum absolute atomic E-state index is 12.8. The number of hydrogen-bond acceptors (Lipinski definition) is 7. The van der Waals surface area contributed by atoms with Gasteiger partial charge in [0.25, 0.3) is 17.4 Å². The highest BCUT2D eigenvalue weighted by atomic mass is 16.6. The van der Waals surface area contributed by atoms with Crippen LogP contribution in [-0.4, -0.2) is 61.5 Å². The first-order valence-electron chi connectivity index (χ1n) is 10.1. The molecule has 10 nitrogen and oxygen atoms in total. The number of nitro benzene ring substituents is 1. The fourth-order valence-corrected chi connectivity index (χ4v) is 3.83. The van der Waals surface area contributed by atoms with Crippen LogP contribution in [0.4, 0.5) is 11.5 Å². The van der Waals surface area contributed by atoms with Gasteiger partial charge in [0, 0.05) is 55.5 Å². The fraction of sp³-hybridized carbons (Fsp3) is 0.182. The summed E-state index contributed by atoms with van der Waals surface area (Å²) < 4.78 is 1.71. The highest BCUT2D eigenvalue weighted by Crippen LogP contribution is 2.25. The minimum absolute atomic E-state index is 0.0323. The molecule has 4 aromatic rings. The second-order valence-electron chi connectivity index (χ2n) is 7.42. The van der Waals surface area contributed by atoms with E-state index in [1.165, 1.54) is 30.6 Å². The Hall–Kier alpha value is -4.34. The van der Waals surface area contributed by atoms with Crippen molar-refractivity contribution in [1.29, 1.82) is 0 Å². The van der Waals surface area contributed by atoms with Gasteiger partial charge >= 0.3 is 0 Å². The van der Waals surface area contributed by atoms with Crippen molar-refractivity contribution < 1.29 is 9.72 Å². The van der Waals surface area contributed by atoms with Crippen LogP contribution in [-0.2, 0) is 0 Å². The molecule has 0 spiro atoms. The number of non-ortho nitro benzene ring substituents is 1. The molecule has 5 rings (SSSR count). The van der Waals surface area contributed by atoms with Crippen molar-refractivity contribution in [3.63, 3.8) is 0 Å². The summed E-state index contributed by atoms with van der Waals surface area (Å²) in [6.07, 6.45) is 1.48. The monoisotopic (exact) mass is 429 g/mol. The van der Waals surface area contributed by atoms with E-state index in [2.05, 4.69) is 20.0 Å². The molecule has 1 fully saturated rings. The third-order valence-corrected chi connectivity index (χ3v) is 5.52. The lowest BCUT2D eigenvalue weighted by Gasteiger charge is -2.36. The first-order valence-corrected chi connectivity index (χ1v) is 10.1. The molecule has 32 heavy (non-hydrogen) atoms. The van der Waals surface area contributed by atoms with E-state index >= 15 is 0 Å². The number of amides is 1. The molecule has 2 aromatic carbocycles. The van der Waals surface area contributed by atoms with Crippen molar-refractivity contribution in [2.45, 2.75) is 0 Å². The average molecular weight is 429 g/mol. The zero-order valence-corrected chi connectivity index (χ0v) is 17.0. The summed E-state index contributed by atoms with van der Waals surface area (Å²) in [5.41, 5.74) is 2.21. The lowest BCUT2D eigenvalue weighted by molar-refractivity contribution is -0.384. The Morgan fingerprint density at radius 3 is 2.38 bits per heavy atom. The Morgan fingerprint density at radius 1 is 0.969 bits per heavy atom. The second kappa shape index (κ2) is 8.06. The van der Waals surface area contributed by atoms with Crippen LogP contribution in [0.15, 0.2) is 67.0 Å². The lowest BCUT2D eigenvalue weighted by Crippen LogP contribution is -2.49. The molecular formula is C22H19N7O3. The summed E-state index contributed by atoms with van der Waals surface area (Å²) in [5.74, 6) is 1.25. The van der Waals surface area contributed by atoms with Crippen LogP contribution < -0.4 is 4.90 Å². The van der Waals surface area contributed by atoms with Gasteiger partial charge in [0.15, 0.2) is 0 Å². The van der Waals surface area contributed by atoms with E-state index in [1.807, 2.05) is 36.4 Å². The summed E-state index contributed by atoms with van der Waals surface area (Å²) in [6, 6.07) is 17.6. The number of hydrogen-bond donors (Lipinski definition) is 0. The van der Waals surface area contributed by atoms with E-state index < -0.39 is 4.92 Å². The van der Waals surface area contributed by atoms with E-state index in [9.17, 15) is 14.9 Å². The topological polar surface area (TPSA) is 110 Å². The van der Waals surface area contributed by atoms with E-state index in [-0.39, 0.29) is 11.6 Å². The molecule has 0 radical (unpaired) electrons. The average Bonchev–Trinajstić information content (AvgIpc) is 3.32. The smallest absolute Gasteiger partial charge is 0.269 e. The van der Waals surface area contributed by atoms with Crippen LogP contribution in [0.5, 0.6) is 0 Å². The quantitative estimate of drug-likeness (QED) is 0.362. The van der Waals surface area contributed by atoms with Crippen molar-refractivity contribution in [3.05, 3.63) is 82.7 Å². The van der Waals surface area contributed by atoms with Crippen LogP contribution in [0.2, 0.25) is 0 Å². The summed E-state index contributed by atoms with van der Waals surface area (Å²) >= 11 is 0. The van der Waals surface area contributed by atoms with E-state index in [4.69, 9.17) is 0 Å². The Kier molecular flexibility index (Phi) is 4.94. The normalized spacial score (nSPS) is 14.0. The van der Waals surface area contributed by atoms with Crippen molar-refractivity contribution in [2.24, 2.45) is 0 Å². The Morgan fingerprint density at radius 2 is 1.69 bits per heavy atom. The molecule has 0 aliphatic carbocycles. The van der Waals surface area contributed by atoms with Gasteiger partial charge in [-0.25, -0.2) is 4.98 Å². The number of nitro groups is 1. The predicted molar refractivity (Wildman–Crippen MR) is 117 cm³/mol. The van der Waals surface area contributed by atoms with E-state index in [0.717, 1.165) is 17.1 Å². The zero-order chi connectivity index (χ0) is 22.1. The van der Waals surface area contributed by atoms with Gasteiger partial charge in [-0.1, -0.05) is 30.3 Å². The van der Waals surface area contributed by atoms with Gasteiger partial charge in [-0.05, 0) is 12.1 Å². The molecule has 160 valence electrons. The number of benzene rings is 2. The van der Waals surface area contributed by atoms with Crippen LogP contribution in [0.3, 0.4) is 0 Å². The Bertz CT molecular complexity index is 1280. The van der Waals surface area contributed by atoms with Crippen LogP contribution in [0.1, 0.15) is 10.4 Å². The number of aromatic nitrogens is 4. The molecule has 0 atom stereocenters. The number of carbonyl (C=O) groups is 1. The number of anilines is 1. The summed E-state index contributed by atoms with van der Waals surface area (Å²) in [4.78, 5) is 36.0. The van der Waals surface area contributed by atoms with Crippen LogP contribution in [0, 0.1) is 10.1 Å². The Labute approximate surface area is 182 Å². The number of rotatable bonds is 4. The van der Waals surface area contributed by atoms with Crippen LogP contribution >= 0.6 is 0 Å². The van der Waals surface area contributed by atoms with Crippen molar-refractivity contribution in [2.75, 3.05) is 31.1 Å². The highest BCUT2D eigenvalue weighted by Gasteiger charge is 2.25. The third kappa shape index (κ3) is 3.62. The fourth-order valence-electron chi connectivity index (χ4n) is 3.83. The van der Waals surface area contributed by atoms with Gasteiger partial charge < -0.3 is 9.80 Å². The summed E-state index contributed by atoms with van der Waals surface area (Å²) in [7, 11) is 0. The minimum atomic E-state index is -0.476. The molecule has 0 N–H and O–H groups in total. The zero-order valence-electron chi connectivity index (χ0n) is 17.0. The SMILES string of the molecule is O=C(c1ccc([N+](=O)[O-])cc1)N1CCN(c2cc(-c3ccccc3)nc3ncnn23)CC1. The molecule has 10 heteroatoms. The second-order valence-corrected chi connectivity index (χ2v) is 7.42. The first-order chi connectivity index (χ1) is 15.6. The standard InChI is InChI=1S/C22H19N7O3/c30-21(17-6-8-18(9-7-17)29(31)32)27-12-10-26(11-13-27)20-14-19(16-4-2-1-3-5-16)25-22-23-15-24-28(20)22/h1-9,14-15H,10-13H2. The molecule has 1 aliphatic heterocycles. The molecular weight excluding hydrogens is 410 g/mol. The largest absolute Gasteiger partial charge is 0.353 e. The molecule has 1 aliphatic rings. The maximum atomic E-state index is 12.8. The highest BCUT2D eigenvalue weighted by molar-refractivity contribution is 5.94. The van der Waals surface area contributed by atoms with Crippen molar-refractivity contribution in [3.8, 4) is 11.3 Å². The van der Waals surface area contributed by atoms with Crippen molar-refractivity contribution >= 4 is 23.2 Å². The predicted octanol–water partition coefficient (Wildman–Crippen LogP) is 2.66. The third-order valence-electron chi connectivity index (χ3n) is 5.52. The first kappa shape index (κ1) is 19.6. The van der Waals surface area contributed by atoms with Gasteiger partial charge in [-0.2, -0.15) is 14.6 Å². The summed E-state index contributed by atoms with van der Waals surface area (Å²) in [6.45, 7) is 2.28. The van der Waals surface area contributed by atoms with E-state index in [1.54, 1.807) is 9.42 Å². The molecule has 2 aromatic heterocycles. The van der Waals surface area contributed by atoms with E-state index in [0.29, 0.717) is 37.5 Å². The summed E-state index contributed by atoms with van der Waals surface area (Å²) in [5, 5.41) is 15.2. The molecule has 1 saturated heterocycles. The van der Waals surface area contributed by atoms with Gasteiger partial charge in [-0.3, -0.25) is 14.9 Å². The Balaban J connectivity index is 1.35. The minimum Gasteiger partial charge on any atom is -0.353 e. The van der Waals surface area contributed by atoms with Gasteiger partial charge in [0.2, 0.25) is 0 Å². The number of nitrogens with zero attached hydrogens (tertiary/aromatic N) is 7. The molecule has 1 amide bonds. The molecule has 0 saturated carbocycles. The van der Waals surface area contributed by atoms with Gasteiger partial charge in [-0.15, -0.1) is 0 Å². The van der Waals surface area contributed by atoms with Crippen molar-refractivity contribution in [1.82, 2.24) is 24.5 Å². The van der Waals surface area contributed by atoms with Gasteiger partial charge in [0.05, 0.1) is 10.6 Å². The number of fused-ring (bicyclic) bond motifs is 1. The molecule has 0 bridgehead atoms. The number of carbonyl (C=O) groups excluding carboxylic acids is 1. The maximum Gasteiger partial charge on any atom is 0.269 e. The van der Waals surface area contributed by atoms with Gasteiger partial charge in [0.1, 0.15) is 12.1 Å². The molecule has 3 heterocycles. The van der Waals surface area contributed by atoms with Crippen LogP contribution in [0.25, 0.3) is 17.0 Å². The number of piperazine rings is 1. The lowest BCUT2D eigenvalue weighted by atomic mass is 10.1. The molecule has 0 unspecified atom stereocenters.